The van der Waals surface area contributed by atoms with Crippen molar-refractivity contribution in [2.24, 2.45) is 0 Å². The number of aromatic carboxylic acids is 2. The number of sulfonamides is 2. The molecule has 49 heavy (non-hydrogen) atoms. The van der Waals surface area contributed by atoms with E-state index in [0.29, 0.717) is 0 Å². The van der Waals surface area contributed by atoms with E-state index in [9.17, 15) is 31.5 Å². The average Bonchev–Trinajstić information content (AvgIpc) is 3.06. The van der Waals surface area contributed by atoms with Crippen LogP contribution in [0.5, 0.6) is 11.5 Å². The Balaban J connectivity index is 0.000000266. The number of carboxylic acids is 2. The smallest absolute Gasteiger partial charge is 0.339 e. The Hall–Kier alpha value is -5.16. The first-order valence-corrected chi connectivity index (χ1v) is 17.2. The van der Waals surface area contributed by atoms with Crippen molar-refractivity contribution in [3.8, 4) is 11.5 Å². The number of hydrogen-bond acceptors (Lipinski definition) is 10. The molecule has 0 saturated carbocycles. The van der Waals surface area contributed by atoms with E-state index in [4.69, 9.17) is 24.1 Å². The van der Waals surface area contributed by atoms with Crippen LogP contribution in [-0.2, 0) is 29.5 Å². The summed E-state index contributed by atoms with van der Waals surface area (Å²) in [4.78, 5) is 22.7. The van der Waals surface area contributed by atoms with Gasteiger partial charge < -0.3 is 29.2 Å². The van der Waals surface area contributed by atoms with Crippen LogP contribution in [0.15, 0.2) is 94.7 Å². The molecule has 0 aliphatic heterocycles. The number of carboxylic acid groups (broad SMARTS) is 2. The van der Waals surface area contributed by atoms with Gasteiger partial charge in [0.1, 0.15) is 22.6 Å². The fourth-order valence-corrected chi connectivity index (χ4v) is 6.31. The first-order valence-electron chi connectivity index (χ1n) is 14.2. The van der Waals surface area contributed by atoms with E-state index in [2.05, 4.69) is 4.72 Å². The molecule has 0 saturated heterocycles. The lowest BCUT2D eigenvalue weighted by Crippen LogP contribution is -2.26. The standard InChI is InChI=1S/C17H19NO6S.C16H17NO6S/c1-12-4-7-14(8-5-12)25(21,22)18(2)13-6-9-15(17(19)20)16(10-13)24-11-23-3;1-11-3-6-13(7-4-11)24(20,21)17-12-5-8-14(16(18)19)15(9-12)23-10-22-2/h4-10H,11H2,1-3H3,(H,19,20);3-9,17H,10H2,1-2H3,(H,18,19). The lowest BCUT2D eigenvalue weighted by Gasteiger charge is -2.21. The van der Waals surface area contributed by atoms with E-state index in [1.54, 1.807) is 24.3 Å². The van der Waals surface area contributed by atoms with Crippen molar-refractivity contribution in [1.29, 1.82) is 0 Å². The molecule has 16 heteroatoms. The van der Waals surface area contributed by atoms with Crippen LogP contribution in [0, 0.1) is 13.8 Å². The zero-order chi connectivity index (χ0) is 36.4. The zero-order valence-corrected chi connectivity index (χ0v) is 28.9. The topological polar surface area (TPSA) is 195 Å². The molecular formula is C33H36N2O12S2. The van der Waals surface area contributed by atoms with Crippen LogP contribution in [0.1, 0.15) is 31.8 Å². The molecule has 0 heterocycles. The maximum atomic E-state index is 12.7. The number of rotatable bonds is 14. The van der Waals surface area contributed by atoms with E-state index >= 15 is 0 Å². The lowest BCUT2D eigenvalue weighted by molar-refractivity contribution is 0.0478. The molecule has 0 aromatic heterocycles. The molecule has 262 valence electrons. The molecule has 14 nitrogen and oxygen atoms in total. The fourth-order valence-electron chi connectivity index (χ4n) is 4.07. The second-order valence-corrected chi connectivity index (χ2v) is 14.0. The highest BCUT2D eigenvalue weighted by Gasteiger charge is 2.23. The van der Waals surface area contributed by atoms with Crippen LogP contribution in [0.3, 0.4) is 0 Å². The number of nitrogens with zero attached hydrogens (tertiary/aromatic N) is 1. The Bertz CT molecular complexity index is 1980. The van der Waals surface area contributed by atoms with E-state index < -0.39 is 32.0 Å². The number of aryl methyl sites for hydroxylation is 2. The summed E-state index contributed by atoms with van der Waals surface area (Å²) in [7, 11) is -3.38. The number of nitrogens with one attached hydrogen (secondary N) is 1. The Morgan fingerprint density at radius 3 is 1.59 bits per heavy atom. The maximum absolute atomic E-state index is 12.7. The van der Waals surface area contributed by atoms with Gasteiger partial charge in [-0.05, 0) is 62.4 Å². The Morgan fingerprint density at radius 2 is 1.12 bits per heavy atom. The summed E-state index contributed by atoms with van der Waals surface area (Å²) in [6.45, 7) is 3.41. The van der Waals surface area contributed by atoms with Gasteiger partial charge in [0, 0.05) is 33.4 Å². The average molecular weight is 717 g/mol. The lowest BCUT2D eigenvalue weighted by atomic mass is 10.2. The van der Waals surface area contributed by atoms with Crippen molar-refractivity contribution in [3.63, 3.8) is 0 Å². The molecule has 3 N–H and O–H groups in total. The molecule has 0 radical (unpaired) electrons. The predicted octanol–water partition coefficient (Wildman–Crippen LogP) is 4.98. The summed E-state index contributed by atoms with van der Waals surface area (Å²) < 4.78 is 73.6. The second kappa shape index (κ2) is 16.8. The Kier molecular flexibility index (Phi) is 13.1. The normalized spacial score (nSPS) is 11.1. The molecule has 0 amide bonds. The third-order valence-electron chi connectivity index (χ3n) is 6.70. The number of benzene rings is 4. The summed E-state index contributed by atoms with van der Waals surface area (Å²) in [5, 5.41) is 18.3. The van der Waals surface area contributed by atoms with Gasteiger partial charge in [-0.1, -0.05) is 35.4 Å². The van der Waals surface area contributed by atoms with Gasteiger partial charge in [-0.2, -0.15) is 0 Å². The summed E-state index contributed by atoms with van der Waals surface area (Å²) in [6.07, 6.45) is 0. The Morgan fingerprint density at radius 1 is 0.673 bits per heavy atom. The number of ether oxygens (including phenoxy) is 4. The number of hydrogen-bond donors (Lipinski definition) is 3. The monoisotopic (exact) mass is 716 g/mol. The van der Waals surface area contributed by atoms with Gasteiger partial charge >= 0.3 is 11.9 Å². The van der Waals surface area contributed by atoms with E-state index in [1.165, 1.54) is 81.9 Å². The van der Waals surface area contributed by atoms with Crippen LogP contribution in [0.25, 0.3) is 0 Å². The van der Waals surface area contributed by atoms with Crippen LogP contribution >= 0.6 is 0 Å². The van der Waals surface area contributed by atoms with E-state index in [1.807, 2.05) is 13.8 Å². The van der Waals surface area contributed by atoms with Crippen LogP contribution < -0.4 is 18.5 Å². The molecule has 0 atom stereocenters. The van der Waals surface area contributed by atoms with Gasteiger partial charge in [0.25, 0.3) is 20.0 Å². The molecule has 0 aliphatic carbocycles. The minimum Gasteiger partial charge on any atom is -0.478 e. The maximum Gasteiger partial charge on any atom is 0.339 e. The summed E-state index contributed by atoms with van der Waals surface area (Å²) in [5.41, 5.74) is 2.17. The van der Waals surface area contributed by atoms with Gasteiger partial charge in [-0.25, -0.2) is 26.4 Å². The van der Waals surface area contributed by atoms with Crippen LogP contribution in [0.2, 0.25) is 0 Å². The van der Waals surface area contributed by atoms with Gasteiger partial charge in [-0.15, -0.1) is 0 Å². The quantitative estimate of drug-likeness (QED) is 0.148. The van der Waals surface area contributed by atoms with Gasteiger partial charge in [0.05, 0.1) is 21.2 Å². The highest BCUT2D eigenvalue weighted by molar-refractivity contribution is 7.93. The highest BCUT2D eigenvalue weighted by atomic mass is 32.2. The SMILES string of the molecule is COCOc1cc(N(C)S(=O)(=O)c2ccc(C)cc2)ccc1C(=O)O.COCOc1cc(NS(=O)(=O)c2ccc(C)cc2)ccc1C(=O)O. The first kappa shape index (κ1) is 38.3. The molecule has 0 spiro atoms. The van der Waals surface area contributed by atoms with Crippen molar-refractivity contribution >= 4 is 43.4 Å². The molecular weight excluding hydrogens is 680 g/mol. The summed E-state index contributed by atoms with van der Waals surface area (Å²) in [5.74, 6) is -2.33. The second-order valence-electron chi connectivity index (χ2n) is 10.3. The Labute approximate surface area is 284 Å². The summed E-state index contributed by atoms with van der Waals surface area (Å²) >= 11 is 0. The van der Waals surface area contributed by atoms with Crippen molar-refractivity contribution < 1.29 is 55.6 Å². The molecule has 0 unspecified atom stereocenters. The van der Waals surface area contributed by atoms with Crippen LogP contribution in [-0.4, -0.2) is 73.8 Å². The number of anilines is 2. The predicted molar refractivity (Wildman–Crippen MR) is 181 cm³/mol. The van der Waals surface area contributed by atoms with Crippen molar-refractivity contribution in [1.82, 2.24) is 0 Å². The molecule has 4 aromatic carbocycles. The van der Waals surface area contributed by atoms with Crippen LogP contribution in [0.4, 0.5) is 11.4 Å². The molecule has 4 rings (SSSR count). The highest BCUT2D eigenvalue weighted by Crippen LogP contribution is 2.29. The molecule has 0 aliphatic rings. The third kappa shape index (κ3) is 10.2. The zero-order valence-electron chi connectivity index (χ0n) is 27.2. The van der Waals surface area contributed by atoms with Crippen molar-refractivity contribution in [2.45, 2.75) is 23.6 Å². The number of methoxy groups -OCH3 is 2. The first-order chi connectivity index (χ1) is 23.1. The molecule has 0 fully saturated rings. The largest absolute Gasteiger partial charge is 0.478 e. The number of carbonyl (C=O) groups is 2. The molecule has 4 aromatic rings. The minimum atomic E-state index is -3.78. The molecule has 0 bridgehead atoms. The van der Waals surface area contributed by atoms with E-state index in [-0.39, 0.29) is 57.4 Å². The van der Waals surface area contributed by atoms with Gasteiger partial charge in [0.2, 0.25) is 0 Å². The minimum absolute atomic E-state index is 0.00783. The summed E-state index contributed by atoms with van der Waals surface area (Å²) in [6, 6.07) is 20.8. The van der Waals surface area contributed by atoms with Gasteiger partial charge in [0.15, 0.2) is 13.6 Å². The van der Waals surface area contributed by atoms with Crippen molar-refractivity contribution in [3.05, 3.63) is 107 Å². The van der Waals surface area contributed by atoms with Crippen molar-refractivity contribution in [2.75, 3.05) is 43.9 Å². The third-order valence-corrected chi connectivity index (χ3v) is 9.90. The van der Waals surface area contributed by atoms with E-state index in [0.717, 1.165) is 15.4 Å². The van der Waals surface area contributed by atoms with Gasteiger partial charge in [-0.3, -0.25) is 9.03 Å². The fraction of sp³-hybridized carbons (Fsp3) is 0.212.